The van der Waals surface area contributed by atoms with Crippen LogP contribution in [0.3, 0.4) is 0 Å². The predicted octanol–water partition coefficient (Wildman–Crippen LogP) is 3.47. The fourth-order valence-electron chi connectivity index (χ4n) is 2.65. The lowest BCUT2D eigenvalue weighted by atomic mass is 10.1. The van der Waals surface area contributed by atoms with Crippen molar-refractivity contribution in [1.82, 2.24) is 4.90 Å². The molecule has 2 aromatic rings. The number of rotatable bonds is 8. The lowest BCUT2D eigenvalue weighted by molar-refractivity contribution is 0.0411. The number of nitrogens with zero attached hydrogens (tertiary/aromatic N) is 1. The molecule has 4 heteroatoms. The molecule has 0 aliphatic heterocycles. The number of likely N-dealkylation sites (N-methyl/N-ethyl adjacent to an activating group) is 1. The summed E-state index contributed by atoms with van der Waals surface area (Å²) in [5.74, 6) is 6.41. The third-order valence-electron chi connectivity index (χ3n) is 4.20. The Morgan fingerprint density at radius 3 is 2.52 bits per heavy atom. The molecule has 1 heterocycles. The van der Waals surface area contributed by atoms with Crippen LogP contribution in [-0.4, -0.2) is 41.9 Å². The van der Waals surface area contributed by atoms with Gasteiger partial charge < -0.3 is 15.1 Å². The van der Waals surface area contributed by atoms with Gasteiger partial charge in [0.2, 0.25) is 0 Å². The van der Waals surface area contributed by atoms with E-state index in [1.807, 2.05) is 37.2 Å². The number of aliphatic hydroxyl groups is 2. The molecule has 2 atom stereocenters. The third-order valence-corrected chi connectivity index (χ3v) is 5.28. The van der Waals surface area contributed by atoms with E-state index in [1.165, 1.54) is 16.9 Å². The molecule has 0 saturated heterocycles. The van der Waals surface area contributed by atoms with Crippen LogP contribution in [0.5, 0.6) is 0 Å². The molecule has 2 rings (SSSR count). The highest BCUT2D eigenvalue weighted by Crippen LogP contribution is 2.26. The summed E-state index contributed by atoms with van der Waals surface area (Å²) in [4.78, 5) is 3.65. The molecule has 3 nitrogen and oxygen atoms in total. The minimum Gasteiger partial charge on any atom is -0.395 e. The van der Waals surface area contributed by atoms with Gasteiger partial charge in [-0.05, 0) is 51.1 Å². The molecule has 134 valence electrons. The van der Waals surface area contributed by atoms with Crippen molar-refractivity contribution in [2.24, 2.45) is 0 Å². The average Bonchev–Trinajstić information content (AvgIpc) is 3.08. The molecule has 2 N–H and O–H groups in total. The van der Waals surface area contributed by atoms with Gasteiger partial charge in [0.1, 0.15) is 6.10 Å². The van der Waals surface area contributed by atoms with Crippen LogP contribution in [0.15, 0.2) is 42.5 Å². The van der Waals surface area contributed by atoms with Gasteiger partial charge in [-0.1, -0.05) is 42.2 Å². The number of aliphatic hydroxyl groups excluding tert-OH is 2. The minimum absolute atomic E-state index is 0.0749. The second kappa shape index (κ2) is 10.4. The van der Waals surface area contributed by atoms with E-state index < -0.39 is 6.10 Å². The molecule has 1 aromatic heterocycles. The van der Waals surface area contributed by atoms with Gasteiger partial charge >= 0.3 is 0 Å². The highest BCUT2D eigenvalue weighted by molar-refractivity contribution is 7.12. The lowest BCUT2D eigenvalue weighted by Gasteiger charge is -2.26. The average molecular weight is 358 g/mol. The van der Waals surface area contributed by atoms with Crippen LogP contribution in [0.25, 0.3) is 0 Å². The molecular formula is C21H27NO2S. The first-order valence-electron chi connectivity index (χ1n) is 8.69. The fraction of sp³-hybridized carbons (Fsp3) is 0.429. The Labute approximate surface area is 154 Å². The van der Waals surface area contributed by atoms with Crippen molar-refractivity contribution in [1.29, 1.82) is 0 Å². The molecule has 0 aliphatic rings. The van der Waals surface area contributed by atoms with Crippen molar-refractivity contribution in [3.05, 3.63) is 57.8 Å². The Kier molecular flexibility index (Phi) is 8.17. The smallest absolute Gasteiger partial charge is 0.106 e. The van der Waals surface area contributed by atoms with Crippen LogP contribution in [0.2, 0.25) is 0 Å². The molecule has 1 aromatic carbocycles. The van der Waals surface area contributed by atoms with E-state index in [9.17, 15) is 10.2 Å². The van der Waals surface area contributed by atoms with E-state index >= 15 is 0 Å². The Hall–Kier alpha value is -1.64. The van der Waals surface area contributed by atoms with Gasteiger partial charge in [-0.2, -0.15) is 0 Å². The van der Waals surface area contributed by atoms with Crippen molar-refractivity contribution in [3.63, 3.8) is 0 Å². The quantitative estimate of drug-likeness (QED) is 0.562. The molecule has 0 radical (unpaired) electrons. The van der Waals surface area contributed by atoms with E-state index in [0.717, 1.165) is 35.4 Å². The first kappa shape index (κ1) is 19.7. The highest BCUT2D eigenvalue weighted by Gasteiger charge is 2.23. The molecule has 0 aliphatic carbocycles. The van der Waals surface area contributed by atoms with Crippen LogP contribution in [0, 0.1) is 11.8 Å². The molecular weight excluding hydrogens is 330 g/mol. The van der Waals surface area contributed by atoms with Crippen molar-refractivity contribution < 1.29 is 10.2 Å². The molecule has 0 fully saturated rings. The first-order chi connectivity index (χ1) is 12.1. The minimum atomic E-state index is -0.688. The summed E-state index contributed by atoms with van der Waals surface area (Å²) in [5, 5.41) is 19.8. The van der Waals surface area contributed by atoms with E-state index in [2.05, 4.69) is 36.1 Å². The predicted molar refractivity (Wildman–Crippen MR) is 105 cm³/mol. The van der Waals surface area contributed by atoms with Gasteiger partial charge in [0.05, 0.1) is 17.5 Å². The molecule has 0 bridgehead atoms. The molecule has 0 amide bonds. The van der Waals surface area contributed by atoms with Crippen LogP contribution in [0.4, 0.5) is 0 Å². The Balaban J connectivity index is 1.78. The maximum absolute atomic E-state index is 10.4. The summed E-state index contributed by atoms with van der Waals surface area (Å²) in [7, 11) is 3.71. The van der Waals surface area contributed by atoms with Gasteiger partial charge in [0, 0.05) is 11.3 Å². The topological polar surface area (TPSA) is 43.7 Å². The van der Waals surface area contributed by atoms with Gasteiger partial charge in [0.25, 0.3) is 0 Å². The Bertz CT molecular complexity index is 685. The SMILES string of the molecule is CN(C)C(CO)C(O)c1ccc(C#CCCCCc2ccccc2)s1. The summed E-state index contributed by atoms with van der Waals surface area (Å²) < 4.78 is 0. The maximum Gasteiger partial charge on any atom is 0.106 e. The molecule has 0 spiro atoms. The largest absolute Gasteiger partial charge is 0.395 e. The number of aryl methyl sites for hydroxylation is 1. The number of thiophene rings is 1. The second-order valence-corrected chi connectivity index (χ2v) is 7.47. The van der Waals surface area contributed by atoms with Gasteiger partial charge in [-0.3, -0.25) is 0 Å². The van der Waals surface area contributed by atoms with E-state index in [4.69, 9.17) is 0 Å². The van der Waals surface area contributed by atoms with Crippen LogP contribution in [-0.2, 0) is 6.42 Å². The van der Waals surface area contributed by atoms with Crippen LogP contribution < -0.4 is 0 Å². The molecule has 25 heavy (non-hydrogen) atoms. The van der Waals surface area contributed by atoms with E-state index in [-0.39, 0.29) is 12.6 Å². The number of benzene rings is 1. The van der Waals surface area contributed by atoms with Crippen molar-refractivity contribution >= 4 is 11.3 Å². The third kappa shape index (κ3) is 6.30. The fourth-order valence-corrected chi connectivity index (χ4v) is 3.58. The molecule has 0 saturated carbocycles. The monoisotopic (exact) mass is 357 g/mol. The van der Waals surface area contributed by atoms with E-state index in [1.54, 1.807) is 0 Å². The van der Waals surface area contributed by atoms with Gasteiger partial charge in [-0.25, -0.2) is 0 Å². The number of unbranched alkanes of at least 4 members (excludes halogenated alkanes) is 2. The summed E-state index contributed by atoms with van der Waals surface area (Å²) in [6, 6.07) is 14.1. The molecule has 2 unspecified atom stereocenters. The zero-order valence-corrected chi connectivity index (χ0v) is 15.8. The Morgan fingerprint density at radius 1 is 1.08 bits per heavy atom. The summed E-state index contributed by atoms with van der Waals surface area (Å²) in [6.07, 6.45) is 3.54. The van der Waals surface area contributed by atoms with Crippen molar-refractivity contribution in [3.8, 4) is 11.8 Å². The van der Waals surface area contributed by atoms with Crippen molar-refractivity contribution in [2.45, 2.75) is 37.8 Å². The number of hydrogen-bond acceptors (Lipinski definition) is 4. The highest BCUT2D eigenvalue weighted by atomic mass is 32.1. The second-order valence-electron chi connectivity index (χ2n) is 6.35. The lowest BCUT2D eigenvalue weighted by Crippen LogP contribution is -2.36. The van der Waals surface area contributed by atoms with Crippen LogP contribution in [0.1, 0.15) is 40.7 Å². The summed E-state index contributed by atoms with van der Waals surface area (Å²) >= 11 is 1.50. The summed E-state index contributed by atoms with van der Waals surface area (Å²) in [5.41, 5.74) is 1.38. The maximum atomic E-state index is 10.4. The first-order valence-corrected chi connectivity index (χ1v) is 9.51. The Morgan fingerprint density at radius 2 is 1.84 bits per heavy atom. The van der Waals surface area contributed by atoms with Crippen molar-refractivity contribution in [2.75, 3.05) is 20.7 Å². The summed E-state index contributed by atoms with van der Waals surface area (Å²) in [6.45, 7) is -0.0749. The zero-order chi connectivity index (χ0) is 18.1. The van der Waals surface area contributed by atoms with Crippen LogP contribution >= 0.6 is 11.3 Å². The van der Waals surface area contributed by atoms with Gasteiger partial charge in [-0.15, -0.1) is 11.3 Å². The zero-order valence-electron chi connectivity index (χ0n) is 15.0. The normalized spacial score (nSPS) is 13.3. The van der Waals surface area contributed by atoms with Gasteiger partial charge in [0.15, 0.2) is 0 Å². The standard InChI is InChI=1S/C21H27NO2S/c1-22(2)19(16-23)21(24)20-15-14-18(25-20)13-9-4-3-6-10-17-11-7-5-8-12-17/h5,7-8,11-12,14-15,19,21,23-24H,3-4,6,10,16H2,1-2H3. The van der Waals surface area contributed by atoms with E-state index in [0.29, 0.717) is 0 Å². The number of hydrogen-bond donors (Lipinski definition) is 2.